The van der Waals surface area contributed by atoms with Gasteiger partial charge < -0.3 is 10.0 Å². The summed E-state index contributed by atoms with van der Waals surface area (Å²) in [6.45, 7) is -0.00859. The molecule has 1 aliphatic rings. The number of carbonyl (C=O) groups is 2. The summed E-state index contributed by atoms with van der Waals surface area (Å²) in [5, 5.41) is 9.48. The number of carboxylic acids is 1. The molecule has 0 saturated heterocycles. The molecule has 0 fully saturated rings. The highest BCUT2D eigenvalue weighted by molar-refractivity contribution is 5.85. The number of hydrogen-bond donors (Lipinski definition) is 1. The number of fused-ring (bicyclic) bond motifs is 1. The van der Waals surface area contributed by atoms with Crippen molar-refractivity contribution in [2.45, 2.75) is 37.5 Å². The van der Waals surface area contributed by atoms with Crippen LogP contribution in [0.2, 0.25) is 0 Å². The lowest BCUT2D eigenvalue weighted by Gasteiger charge is -2.35. The van der Waals surface area contributed by atoms with Crippen molar-refractivity contribution in [3.8, 4) is 0 Å². The van der Waals surface area contributed by atoms with Crippen LogP contribution in [0.5, 0.6) is 0 Å². The van der Waals surface area contributed by atoms with E-state index in [1.807, 2.05) is 0 Å². The molecule has 2 aromatic rings. The van der Waals surface area contributed by atoms with Crippen LogP contribution in [0.3, 0.4) is 0 Å². The normalized spacial score (nSPS) is 17.9. The Hall–Kier alpha value is -2.83. The third-order valence-corrected chi connectivity index (χ3v) is 4.83. The van der Waals surface area contributed by atoms with Gasteiger partial charge in [0.2, 0.25) is 5.91 Å². The second kappa shape index (κ2) is 7.42. The molecule has 2 aromatic carbocycles. The Kier molecular flexibility index (Phi) is 5.21. The summed E-state index contributed by atoms with van der Waals surface area (Å²) in [5.74, 6) is -4.01. The smallest absolute Gasteiger partial charge is 0.396 e. The van der Waals surface area contributed by atoms with Crippen molar-refractivity contribution < 1.29 is 27.9 Å². The Bertz CT molecular complexity index is 836. The molecule has 1 aliphatic heterocycles. The molecule has 0 aromatic heterocycles. The van der Waals surface area contributed by atoms with Crippen LogP contribution in [-0.4, -0.2) is 34.1 Å². The van der Waals surface area contributed by atoms with Gasteiger partial charge in [-0.2, -0.15) is 13.2 Å². The summed E-state index contributed by atoms with van der Waals surface area (Å²) in [4.78, 5) is 25.4. The number of carboxylic acid groups (broad SMARTS) is 1. The van der Waals surface area contributed by atoms with E-state index in [2.05, 4.69) is 0 Å². The van der Waals surface area contributed by atoms with E-state index in [9.17, 15) is 27.9 Å². The lowest BCUT2D eigenvalue weighted by molar-refractivity contribution is -0.164. The quantitative estimate of drug-likeness (QED) is 0.883. The first-order chi connectivity index (χ1) is 12.8. The van der Waals surface area contributed by atoms with Crippen LogP contribution < -0.4 is 0 Å². The molecule has 0 spiro atoms. The zero-order valence-corrected chi connectivity index (χ0v) is 14.3. The molecule has 0 radical (unpaired) electrons. The van der Waals surface area contributed by atoms with Crippen LogP contribution in [-0.2, 0) is 22.6 Å². The Balaban J connectivity index is 1.87. The fourth-order valence-electron chi connectivity index (χ4n) is 3.41. The van der Waals surface area contributed by atoms with Crippen molar-refractivity contribution in [1.82, 2.24) is 4.90 Å². The molecular formula is C20H18F3NO3. The molecule has 2 unspecified atom stereocenters. The zero-order chi connectivity index (χ0) is 19.6. The number of halogens is 3. The number of amides is 1. The SMILES string of the molecule is O=C(O)C1Cc2ccccc2CN1C(=O)CC(c1ccccc1)C(F)(F)F. The predicted octanol–water partition coefficient (Wildman–Crippen LogP) is 3.76. The number of hydrogen-bond acceptors (Lipinski definition) is 2. The molecule has 1 amide bonds. The first-order valence-corrected chi connectivity index (χ1v) is 8.48. The molecule has 0 aliphatic carbocycles. The number of carbonyl (C=O) groups excluding carboxylic acids is 1. The summed E-state index contributed by atoms with van der Waals surface area (Å²) >= 11 is 0. The Labute approximate surface area is 154 Å². The van der Waals surface area contributed by atoms with E-state index in [1.165, 1.54) is 24.3 Å². The van der Waals surface area contributed by atoms with Gasteiger partial charge in [0.25, 0.3) is 0 Å². The van der Waals surface area contributed by atoms with E-state index in [4.69, 9.17) is 0 Å². The van der Waals surface area contributed by atoms with Gasteiger partial charge in [-0.3, -0.25) is 4.79 Å². The predicted molar refractivity (Wildman–Crippen MR) is 92.0 cm³/mol. The second-order valence-electron chi connectivity index (χ2n) is 6.56. The minimum Gasteiger partial charge on any atom is -0.480 e. The summed E-state index contributed by atoms with van der Waals surface area (Å²) in [6, 6.07) is 13.1. The number of nitrogens with zero attached hydrogens (tertiary/aromatic N) is 1. The maximum atomic E-state index is 13.5. The molecule has 7 heteroatoms. The van der Waals surface area contributed by atoms with Crippen molar-refractivity contribution in [1.29, 1.82) is 0 Å². The van der Waals surface area contributed by atoms with E-state index in [0.717, 1.165) is 16.0 Å². The number of rotatable bonds is 4. The van der Waals surface area contributed by atoms with Crippen LogP contribution in [0.25, 0.3) is 0 Å². The monoisotopic (exact) mass is 377 g/mol. The molecule has 1 N–H and O–H groups in total. The molecule has 1 heterocycles. The highest BCUT2D eigenvalue weighted by atomic mass is 19.4. The van der Waals surface area contributed by atoms with E-state index in [1.54, 1.807) is 30.3 Å². The fourth-order valence-corrected chi connectivity index (χ4v) is 3.41. The second-order valence-corrected chi connectivity index (χ2v) is 6.56. The number of aliphatic carboxylic acids is 1. The Morgan fingerprint density at radius 3 is 2.22 bits per heavy atom. The topological polar surface area (TPSA) is 57.6 Å². The van der Waals surface area contributed by atoms with Gasteiger partial charge in [0.15, 0.2) is 0 Å². The highest BCUT2D eigenvalue weighted by Crippen LogP contribution is 2.38. The van der Waals surface area contributed by atoms with Gasteiger partial charge >= 0.3 is 12.1 Å². The molecule has 27 heavy (non-hydrogen) atoms. The van der Waals surface area contributed by atoms with E-state index < -0.39 is 36.4 Å². The molecule has 142 valence electrons. The molecule has 0 bridgehead atoms. The van der Waals surface area contributed by atoms with Gasteiger partial charge in [-0.15, -0.1) is 0 Å². The third-order valence-electron chi connectivity index (χ3n) is 4.83. The van der Waals surface area contributed by atoms with Crippen molar-refractivity contribution in [3.05, 3.63) is 71.3 Å². The van der Waals surface area contributed by atoms with Crippen molar-refractivity contribution in [2.75, 3.05) is 0 Å². The number of benzene rings is 2. The molecule has 0 saturated carbocycles. The van der Waals surface area contributed by atoms with Crippen LogP contribution in [0.1, 0.15) is 29.0 Å². The maximum Gasteiger partial charge on any atom is 0.396 e. The van der Waals surface area contributed by atoms with Gasteiger partial charge in [-0.05, 0) is 16.7 Å². The molecule has 4 nitrogen and oxygen atoms in total. The Morgan fingerprint density at radius 1 is 1.04 bits per heavy atom. The minimum atomic E-state index is -4.61. The number of alkyl halides is 3. The average Bonchev–Trinajstić information content (AvgIpc) is 2.64. The molecule has 2 atom stereocenters. The standard InChI is InChI=1S/C20H18F3NO3/c21-20(22,23)16(13-6-2-1-3-7-13)11-18(25)24-12-15-9-5-4-8-14(15)10-17(24)19(26)27/h1-9,16-17H,10-12H2,(H,26,27). The molecule has 3 rings (SSSR count). The zero-order valence-electron chi connectivity index (χ0n) is 14.3. The van der Waals surface area contributed by atoms with Gasteiger partial charge in [-0.25, -0.2) is 4.79 Å². The van der Waals surface area contributed by atoms with Crippen LogP contribution in [0.4, 0.5) is 13.2 Å². The summed E-state index contributed by atoms with van der Waals surface area (Å²) < 4.78 is 40.6. The van der Waals surface area contributed by atoms with E-state index in [0.29, 0.717) is 0 Å². The minimum absolute atomic E-state index is 0.00859. The Morgan fingerprint density at radius 2 is 1.63 bits per heavy atom. The lowest BCUT2D eigenvalue weighted by Crippen LogP contribution is -2.49. The highest BCUT2D eigenvalue weighted by Gasteiger charge is 2.44. The van der Waals surface area contributed by atoms with Gasteiger partial charge in [0, 0.05) is 19.4 Å². The lowest BCUT2D eigenvalue weighted by atomic mass is 9.91. The first-order valence-electron chi connectivity index (χ1n) is 8.48. The van der Waals surface area contributed by atoms with Crippen LogP contribution >= 0.6 is 0 Å². The van der Waals surface area contributed by atoms with E-state index >= 15 is 0 Å². The molecular weight excluding hydrogens is 359 g/mol. The van der Waals surface area contributed by atoms with Gasteiger partial charge in [0.05, 0.1) is 5.92 Å². The van der Waals surface area contributed by atoms with Crippen molar-refractivity contribution >= 4 is 11.9 Å². The fraction of sp³-hybridized carbons (Fsp3) is 0.300. The first kappa shape index (κ1) is 18.9. The summed E-state index contributed by atoms with van der Waals surface area (Å²) in [7, 11) is 0. The maximum absolute atomic E-state index is 13.5. The van der Waals surface area contributed by atoms with Crippen molar-refractivity contribution in [3.63, 3.8) is 0 Å². The van der Waals surface area contributed by atoms with Gasteiger partial charge in [0.1, 0.15) is 6.04 Å². The average molecular weight is 377 g/mol. The van der Waals surface area contributed by atoms with Gasteiger partial charge in [-0.1, -0.05) is 54.6 Å². The van der Waals surface area contributed by atoms with Crippen LogP contribution in [0.15, 0.2) is 54.6 Å². The van der Waals surface area contributed by atoms with Crippen LogP contribution in [0, 0.1) is 0 Å². The van der Waals surface area contributed by atoms with Crippen molar-refractivity contribution in [2.24, 2.45) is 0 Å². The van der Waals surface area contributed by atoms with E-state index in [-0.39, 0.29) is 18.5 Å². The summed E-state index contributed by atoms with van der Waals surface area (Å²) in [6.07, 6.45) is -5.35. The largest absolute Gasteiger partial charge is 0.480 e. The third kappa shape index (κ3) is 4.13. The summed E-state index contributed by atoms with van der Waals surface area (Å²) in [5.41, 5.74) is 1.54.